The minimum atomic E-state index is 0.630. The highest BCUT2D eigenvalue weighted by Gasteiger charge is 2.21. The van der Waals surface area contributed by atoms with Gasteiger partial charge in [-0.05, 0) is 121 Å². The van der Waals surface area contributed by atoms with Gasteiger partial charge in [-0.15, -0.1) is 0 Å². The predicted molar refractivity (Wildman–Crippen MR) is 294 cm³/mol. The van der Waals surface area contributed by atoms with Gasteiger partial charge in [0.25, 0.3) is 0 Å². The molecule has 0 bridgehead atoms. The first-order chi connectivity index (χ1) is 34.7. The van der Waals surface area contributed by atoms with Crippen LogP contribution in [0.4, 0.5) is 0 Å². The average Bonchev–Trinajstić information content (AvgIpc) is 3.44. The molecule has 0 radical (unpaired) electrons. The molecule has 0 amide bonds. The Labute approximate surface area is 405 Å². The molecule has 0 aliphatic carbocycles. The van der Waals surface area contributed by atoms with E-state index in [1.54, 1.807) is 0 Å². The molecular formula is C67H41N3. The Morgan fingerprint density at radius 2 is 0.586 bits per heavy atom. The molecule has 1 aromatic heterocycles. The minimum Gasteiger partial charge on any atom is -0.208 e. The van der Waals surface area contributed by atoms with Gasteiger partial charge in [0.15, 0.2) is 17.5 Å². The van der Waals surface area contributed by atoms with E-state index in [4.69, 9.17) is 15.0 Å². The van der Waals surface area contributed by atoms with E-state index < -0.39 is 0 Å². The normalized spacial score (nSPS) is 11.7. The molecule has 3 heteroatoms. The number of hydrogen-bond donors (Lipinski definition) is 0. The molecular weight excluding hydrogens is 847 g/mol. The first-order valence-corrected chi connectivity index (χ1v) is 23.9. The monoisotopic (exact) mass is 887 g/mol. The molecule has 324 valence electrons. The lowest BCUT2D eigenvalue weighted by molar-refractivity contribution is 1.07. The van der Waals surface area contributed by atoms with E-state index >= 15 is 0 Å². The van der Waals surface area contributed by atoms with Gasteiger partial charge in [0, 0.05) is 16.7 Å². The van der Waals surface area contributed by atoms with Crippen molar-refractivity contribution in [3.8, 4) is 78.7 Å². The summed E-state index contributed by atoms with van der Waals surface area (Å²) in [7, 11) is 0. The van der Waals surface area contributed by atoms with Crippen LogP contribution in [-0.2, 0) is 0 Å². The van der Waals surface area contributed by atoms with E-state index in [1.807, 2.05) is 36.4 Å². The molecule has 0 spiro atoms. The number of hydrogen-bond acceptors (Lipinski definition) is 3. The van der Waals surface area contributed by atoms with Crippen molar-refractivity contribution >= 4 is 64.6 Å². The molecule has 0 saturated carbocycles. The van der Waals surface area contributed by atoms with Gasteiger partial charge in [-0.1, -0.05) is 237 Å². The summed E-state index contributed by atoms with van der Waals surface area (Å²) in [5.74, 6) is 1.91. The summed E-state index contributed by atoms with van der Waals surface area (Å²) in [4.78, 5) is 15.3. The lowest BCUT2D eigenvalue weighted by atomic mass is 9.84. The summed E-state index contributed by atoms with van der Waals surface area (Å²) >= 11 is 0. The molecule has 0 saturated heterocycles. The first-order valence-electron chi connectivity index (χ1n) is 23.9. The largest absolute Gasteiger partial charge is 0.208 e. The second-order valence-electron chi connectivity index (χ2n) is 18.2. The van der Waals surface area contributed by atoms with Crippen LogP contribution in [0.25, 0.3) is 143 Å². The SMILES string of the molecule is c1ccc(-c2nc(-c3ccccc3)nc(-c3ccc4c(-c5ccc(-c6cccc(-c7c8ccccc8c8ccc9cccc%10ccc7c8c%109)c6)cc5)c5ccccc5c(-c5ccccc5)c4c3)n2)cc1. The second kappa shape index (κ2) is 16.2. The van der Waals surface area contributed by atoms with Crippen molar-refractivity contribution < 1.29 is 0 Å². The second-order valence-corrected chi connectivity index (χ2v) is 18.2. The number of benzene rings is 13. The van der Waals surface area contributed by atoms with E-state index in [0.29, 0.717) is 17.5 Å². The molecule has 13 aromatic carbocycles. The van der Waals surface area contributed by atoms with Crippen LogP contribution in [0.3, 0.4) is 0 Å². The average molecular weight is 888 g/mol. The van der Waals surface area contributed by atoms with Crippen molar-refractivity contribution in [3.63, 3.8) is 0 Å². The lowest BCUT2D eigenvalue weighted by Crippen LogP contribution is -2.00. The van der Waals surface area contributed by atoms with Gasteiger partial charge in [0.05, 0.1) is 0 Å². The summed E-state index contributed by atoms with van der Waals surface area (Å²) in [6.07, 6.45) is 0. The zero-order valence-corrected chi connectivity index (χ0v) is 38.0. The van der Waals surface area contributed by atoms with Crippen molar-refractivity contribution in [1.29, 1.82) is 0 Å². The topological polar surface area (TPSA) is 38.7 Å². The molecule has 14 aromatic rings. The van der Waals surface area contributed by atoms with Crippen molar-refractivity contribution in [3.05, 3.63) is 249 Å². The minimum absolute atomic E-state index is 0.630. The number of nitrogens with zero attached hydrogens (tertiary/aromatic N) is 3. The van der Waals surface area contributed by atoms with Gasteiger partial charge in [-0.2, -0.15) is 0 Å². The third-order valence-corrected chi connectivity index (χ3v) is 14.2. The maximum atomic E-state index is 5.14. The van der Waals surface area contributed by atoms with Crippen molar-refractivity contribution in [1.82, 2.24) is 15.0 Å². The lowest BCUT2D eigenvalue weighted by Gasteiger charge is -2.19. The molecule has 3 nitrogen and oxygen atoms in total. The van der Waals surface area contributed by atoms with Gasteiger partial charge in [0.2, 0.25) is 0 Å². The highest BCUT2D eigenvalue weighted by Crippen LogP contribution is 2.47. The molecule has 70 heavy (non-hydrogen) atoms. The molecule has 0 aliphatic heterocycles. The van der Waals surface area contributed by atoms with Crippen LogP contribution in [0.15, 0.2) is 249 Å². The van der Waals surface area contributed by atoms with E-state index in [-0.39, 0.29) is 0 Å². The van der Waals surface area contributed by atoms with E-state index in [1.165, 1.54) is 87.2 Å². The maximum absolute atomic E-state index is 5.14. The van der Waals surface area contributed by atoms with Gasteiger partial charge < -0.3 is 0 Å². The Morgan fingerprint density at radius 3 is 1.21 bits per heavy atom. The van der Waals surface area contributed by atoms with Crippen LogP contribution >= 0.6 is 0 Å². The molecule has 1 heterocycles. The van der Waals surface area contributed by atoms with Crippen molar-refractivity contribution in [2.24, 2.45) is 0 Å². The van der Waals surface area contributed by atoms with Crippen LogP contribution in [0.2, 0.25) is 0 Å². The Hall–Kier alpha value is -9.31. The van der Waals surface area contributed by atoms with Crippen LogP contribution < -0.4 is 0 Å². The van der Waals surface area contributed by atoms with E-state index in [0.717, 1.165) is 38.6 Å². The first kappa shape index (κ1) is 39.8. The number of aromatic nitrogens is 3. The fraction of sp³-hybridized carbons (Fsp3) is 0. The molecule has 0 N–H and O–H groups in total. The van der Waals surface area contributed by atoms with E-state index in [2.05, 4.69) is 212 Å². The zero-order valence-electron chi connectivity index (χ0n) is 38.0. The van der Waals surface area contributed by atoms with Gasteiger partial charge in [-0.25, -0.2) is 15.0 Å². The fourth-order valence-corrected chi connectivity index (χ4v) is 11.1. The Morgan fingerprint density at radius 1 is 0.186 bits per heavy atom. The number of fused-ring (bicyclic) bond motifs is 4. The Bertz CT molecular complexity index is 4240. The van der Waals surface area contributed by atoms with E-state index in [9.17, 15) is 0 Å². The summed E-state index contributed by atoms with van der Waals surface area (Å²) < 4.78 is 0. The maximum Gasteiger partial charge on any atom is 0.164 e. The van der Waals surface area contributed by atoms with Crippen molar-refractivity contribution in [2.45, 2.75) is 0 Å². The summed E-state index contributed by atoms with van der Waals surface area (Å²) in [6.45, 7) is 0. The Kier molecular flexibility index (Phi) is 9.21. The standard InChI is InChI=1S/C67H41N3/c1-4-16-43(17-5-1)62-55-29-13-12-28-54(55)61(57-38-36-51(41-59(57)62)67-69-65(47-18-6-2-7-19-47)68-66(70-67)48-20-8-3-9-21-48)46-32-30-42(31-33-46)49-24-15-25-50(40-49)63-53-27-11-10-26-52(53)56-37-34-44-22-14-23-45-35-39-58(63)64(56)60(44)45/h1-41H. The zero-order chi connectivity index (χ0) is 46.1. The van der Waals surface area contributed by atoms with Crippen LogP contribution in [0.5, 0.6) is 0 Å². The Balaban J connectivity index is 0.928. The highest BCUT2D eigenvalue weighted by atomic mass is 15.0. The van der Waals surface area contributed by atoms with Crippen LogP contribution in [0, 0.1) is 0 Å². The van der Waals surface area contributed by atoms with Gasteiger partial charge >= 0.3 is 0 Å². The van der Waals surface area contributed by atoms with Crippen LogP contribution in [-0.4, -0.2) is 15.0 Å². The third-order valence-electron chi connectivity index (χ3n) is 14.2. The fourth-order valence-electron chi connectivity index (χ4n) is 11.1. The quantitative estimate of drug-likeness (QED) is 0.118. The highest BCUT2D eigenvalue weighted by molar-refractivity contribution is 6.33. The third kappa shape index (κ3) is 6.47. The molecule has 0 aliphatic rings. The summed E-state index contributed by atoms with van der Waals surface area (Å²) in [5.41, 5.74) is 12.3. The molecule has 0 atom stereocenters. The molecule has 14 rings (SSSR count). The van der Waals surface area contributed by atoms with Gasteiger partial charge in [-0.3, -0.25) is 0 Å². The summed E-state index contributed by atoms with van der Waals surface area (Å²) in [6, 6.07) is 89.7. The van der Waals surface area contributed by atoms with Gasteiger partial charge in [0.1, 0.15) is 0 Å². The molecule has 0 unspecified atom stereocenters. The smallest absolute Gasteiger partial charge is 0.164 e. The molecule has 0 fully saturated rings. The van der Waals surface area contributed by atoms with Crippen LogP contribution in [0.1, 0.15) is 0 Å². The number of rotatable bonds is 7. The predicted octanol–water partition coefficient (Wildman–Crippen LogP) is 17.9. The summed E-state index contributed by atoms with van der Waals surface area (Å²) in [5, 5.41) is 15.1. The van der Waals surface area contributed by atoms with Crippen molar-refractivity contribution in [2.75, 3.05) is 0 Å².